The summed E-state index contributed by atoms with van der Waals surface area (Å²) in [5.41, 5.74) is 2.59. The fourth-order valence-corrected chi connectivity index (χ4v) is 4.11. The minimum atomic E-state index is -0.328. The van der Waals surface area contributed by atoms with Gasteiger partial charge in [-0.15, -0.1) is 0 Å². The number of aromatic nitrogens is 2. The zero-order valence-corrected chi connectivity index (χ0v) is 23.3. The number of nitrogens with one attached hydrogen (secondary N) is 2. The second kappa shape index (κ2) is 12.9. The summed E-state index contributed by atoms with van der Waals surface area (Å²) in [5.74, 6) is 0.876. The van der Waals surface area contributed by atoms with Gasteiger partial charge in [0.25, 0.3) is 5.91 Å². The number of likely N-dealkylation sites (N-methyl/N-ethyl adjacent to an activating group) is 2. The fraction of sp³-hybridized carbons (Fsp3) is 0.310. The molecule has 3 aromatic rings. The molecule has 0 saturated carbocycles. The average molecular weight is 546 g/mol. The van der Waals surface area contributed by atoms with E-state index in [-0.39, 0.29) is 17.9 Å². The molecule has 2 heterocycles. The molecule has 2 aromatic carbocycles. The lowest BCUT2D eigenvalue weighted by molar-refractivity contribution is -0.111. The van der Waals surface area contributed by atoms with Crippen molar-refractivity contribution < 1.29 is 19.1 Å². The van der Waals surface area contributed by atoms with Crippen LogP contribution < -0.4 is 25.0 Å². The lowest BCUT2D eigenvalue weighted by Gasteiger charge is -2.38. The number of methoxy groups -OCH3 is 1. The summed E-state index contributed by atoms with van der Waals surface area (Å²) in [6.45, 7) is 6.07. The summed E-state index contributed by atoms with van der Waals surface area (Å²) >= 11 is 0. The number of rotatable bonds is 12. The van der Waals surface area contributed by atoms with Crippen LogP contribution in [0.5, 0.6) is 11.6 Å². The molecule has 210 valence electrons. The normalized spacial score (nSPS) is 12.9. The first-order valence-corrected chi connectivity index (χ1v) is 12.9. The van der Waals surface area contributed by atoms with Crippen molar-refractivity contribution >= 4 is 34.8 Å². The maximum absolute atomic E-state index is 12.6. The Morgan fingerprint density at radius 2 is 1.85 bits per heavy atom. The summed E-state index contributed by atoms with van der Waals surface area (Å²) in [6.07, 6.45) is 2.65. The zero-order valence-electron chi connectivity index (χ0n) is 23.3. The number of likely N-dealkylation sites (tertiary alicyclic amines) is 1. The number of nitrogens with zero attached hydrogens (tertiary/aromatic N) is 5. The Morgan fingerprint density at radius 3 is 2.52 bits per heavy atom. The van der Waals surface area contributed by atoms with E-state index in [1.165, 1.54) is 6.08 Å². The molecule has 11 heteroatoms. The number of benzene rings is 2. The van der Waals surface area contributed by atoms with E-state index >= 15 is 0 Å². The van der Waals surface area contributed by atoms with Gasteiger partial charge in [-0.25, -0.2) is 4.98 Å². The van der Waals surface area contributed by atoms with Gasteiger partial charge in [-0.05, 0) is 38.4 Å². The van der Waals surface area contributed by atoms with E-state index in [0.717, 1.165) is 18.8 Å². The average Bonchev–Trinajstić information content (AvgIpc) is 2.93. The fourth-order valence-electron chi connectivity index (χ4n) is 4.11. The second-order valence-electron chi connectivity index (χ2n) is 9.65. The molecule has 0 atom stereocenters. The first-order chi connectivity index (χ1) is 19.3. The van der Waals surface area contributed by atoms with Gasteiger partial charge in [0, 0.05) is 44.0 Å². The molecule has 0 unspecified atom stereocenters. The van der Waals surface area contributed by atoms with Crippen molar-refractivity contribution in [2.24, 2.45) is 0 Å². The first-order valence-electron chi connectivity index (χ1n) is 12.9. The number of ether oxygens (including phenoxy) is 2. The highest BCUT2D eigenvalue weighted by Gasteiger charge is 2.33. The molecule has 0 radical (unpaired) electrons. The maximum atomic E-state index is 12.6. The van der Waals surface area contributed by atoms with Gasteiger partial charge >= 0.3 is 0 Å². The van der Waals surface area contributed by atoms with Crippen molar-refractivity contribution in [3.8, 4) is 11.6 Å². The van der Waals surface area contributed by atoms with Crippen LogP contribution >= 0.6 is 0 Å². The smallest absolute Gasteiger partial charge is 0.254 e. The van der Waals surface area contributed by atoms with Crippen molar-refractivity contribution in [3.05, 3.63) is 72.9 Å². The molecule has 2 amide bonds. The lowest BCUT2D eigenvalue weighted by Crippen LogP contribution is -2.56. The molecule has 1 saturated heterocycles. The Bertz CT molecular complexity index is 1340. The Hall–Kier alpha value is -4.64. The van der Waals surface area contributed by atoms with Gasteiger partial charge in [-0.1, -0.05) is 24.8 Å². The second-order valence-corrected chi connectivity index (χ2v) is 9.65. The van der Waals surface area contributed by atoms with Crippen LogP contribution in [0.1, 0.15) is 10.4 Å². The molecule has 1 aromatic heterocycles. The van der Waals surface area contributed by atoms with Crippen LogP contribution in [0.2, 0.25) is 0 Å². The molecule has 2 N–H and O–H groups in total. The number of carbonyl (C=O) groups excluding carboxylic acids is 2. The standard InChI is InChI=1S/C29H35N7O4/c1-6-26(37)31-22-16-23(25(39-5)17-24(22)35(4)15-14-34(2)3)32-29-30-13-12-27(33-29)40-21-18-36(19-21)28(38)20-10-8-7-9-11-20/h6-13,16-17,21H,1,14-15,18-19H2,2-5H3,(H,31,37)(H,30,32,33). The molecule has 1 fully saturated rings. The Balaban J connectivity index is 1.47. The summed E-state index contributed by atoms with van der Waals surface area (Å²) in [5, 5.41) is 6.05. The lowest BCUT2D eigenvalue weighted by atomic mass is 10.1. The van der Waals surface area contributed by atoms with Crippen LogP contribution in [0.15, 0.2) is 67.4 Å². The summed E-state index contributed by atoms with van der Waals surface area (Å²) < 4.78 is 11.6. The predicted molar refractivity (Wildman–Crippen MR) is 156 cm³/mol. The number of hydrogen-bond acceptors (Lipinski definition) is 9. The minimum Gasteiger partial charge on any atom is -0.494 e. The van der Waals surface area contributed by atoms with Crippen molar-refractivity contribution in [1.82, 2.24) is 19.8 Å². The number of hydrogen-bond donors (Lipinski definition) is 2. The molecule has 0 aliphatic carbocycles. The van der Waals surface area contributed by atoms with E-state index in [2.05, 4.69) is 32.1 Å². The van der Waals surface area contributed by atoms with Gasteiger partial charge in [-0.2, -0.15) is 4.98 Å². The number of carbonyl (C=O) groups is 2. The molecular formula is C29H35N7O4. The Kier molecular flexibility index (Phi) is 9.18. The molecule has 1 aliphatic rings. The summed E-state index contributed by atoms with van der Waals surface area (Å²) in [4.78, 5) is 39.4. The molecule has 0 spiro atoms. The van der Waals surface area contributed by atoms with Crippen LogP contribution in [0.3, 0.4) is 0 Å². The van der Waals surface area contributed by atoms with Crippen molar-refractivity contribution in [1.29, 1.82) is 0 Å². The van der Waals surface area contributed by atoms with Crippen molar-refractivity contribution in [2.75, 3.05) is 70.0 Å². The molecule has 1 aliphatic heterocycles. The van der Waals surface area contributed by atoms with E-state index in [1.807, 2.05) is 50.3 Å². The maximum Gasteiger partial charge on any atom is 0.254 e. The van der Waals surface area contributed by atoms with Gasteiger partial charge in [0.15, 0.2) is 0 Å². The minimum absolute atomic E-state index is 0.0206. The van der Waals surface area contributed by atoms with Crippen LogP contribution in [0.25, 0.3) is 0 Å². The number of anilines is 4. The van der Waals surface area contributed by atoms with Gasteiger partial charge in [0.1, 0.15) is 11.9 Å². The van der Waals surface area contributed by atoms with Crippen molar-refractivity contribution in [3.63, 3.8) is 0 Å². The monoisotopic (exact) mass is 545 g/mol. The van der Waals surface area contributed by atoms with Crippen LogP contribution in [0, 0.1) is 0 Å². The zero-order chi connectivity index (χ0) is 28.6. The van der Waals surface area contributed by atoms with E-state index < -0.39 is 0 Å². The van der Waals surface area contributed by atoms with Crippen LogP contribution in [0.4, 0.5) is 23.0 Å². The topological polar surface area (TPSA) is 112 Å². The Morgan fingerprint density at radius 1 is 1.10 bits per heavy atom. The third kappa shape index (κ3) is 7.06. The highest BCUT2D eigenvalue weighted by molar-refractivity contribution is 6.02. The third-order valence-electron chi connectivity index (χ3n) is 6.37. The van der Waals surface area contributed by atoms with Gasteiger partial charge in [0.05, 0.1) is 37.3 Å². The molecule has 4 rings (SSSR count). The van der Waals surface area contributed by atoms with E-state index in [9.17, 15) is 9.59 Å². The molecular weight excluding hydrogens is 510 g/mol. The van der Waals surface area contributed by atoms with Gasteiger partial charge in [-0.3, -0.25) is 9.59 Å². The highest BCUT2D eigenvalue weighted by atomic mass is 16.5. The first kappa shape index (κ1) is 28.4. The van der Waals surface area contributed by atoms with Gasteiger partial charge in [0.2, 0.25) is 17.7 Å². The largest absolute Gasteiger partial charge is 0.494 e. The van der Waals surface area contributed by atoms with E-state index in [4.69, 9.17) is 9.47 Å². The van der Waals surface area contributed by atoms with E-state index in [0.29, 0.717) is 47.6 Å². The van der Waals surface area contributed by atoms with Gasteiger partial charge < -0.3 is 34.8 Å². The quantitative estimate of drug-likeness (QED) is 0.331. The summed E-state index contributed by atoms with van der Waals surface area (Å²) in [6, 6.07) is 14.5. The summed E-state index contributed by atoms with van der Waals surface area (Å²) in [7, 11) is 7.54. The third-order valence-corrected chi connectivity index (χ3v) is 6.37. The molecule has 0 bridgehead atoms. The predicted octanol–water partition coefficient (Wildman–Crippen LogP) is 3.25. The number of amides is 2. The SMILES string of the molecule is C=CC(=O)Nc1cc(Nc2nccc(OC3CN(C(=O)c4ccccc4)C3)n2)c(OC)cc1N(C)CCN(C)C. The molecule has 11 nitrogen and oxygen atoms in total. The van der Waals surface area contributed by atoms with Crippen LogP contribution in [-0.2, 0) is 4.79 Å². The van der Waals surface area contributed by atoms with Crippen molar-refractivity contribution in [2.45, 2.75) is 6.10 Å². The molecule has 40 heavy (non-hydrogen) atoms. The Labute approximate surface area is 234 Å². The highest BCUT2D eigenvalue weighted by Crippen LogP contribution is 2.38. The van der Waals surface area contributed by atoms with E-state index in [1.54, 1.807) is 42.5 Å². The van der Waals surface area contributed by atoms with Crippen LogP contribution in [-0.4, -0.2) is 92.1 Å².